The molecule has 1 aromatic carbocycles. The van der Waals surface area contributed by atoms with E-state index >= 15 is 0 Å². The first-order valence-electron chi connectivity index (χ1n) is 5.68. The zero-order valence-corrected chi connectivity index (χ0v) is 11.4. The molecule has 1 aliphatic carbocycles. The molecule has 2 rings (SSSR count). The Morgan fingerprint density at radius 1 is 1.53 bits per heavy atom. The van der Waals surface area contributed by atoms with Crippen molar-refractivity contribution in [1.29, 1.82) is 0 Å². The summed E-state index contributed by atoms with van der Waals surface area (Å²) in [5, 5.41) is 0.765. The van der Waals surface area contributed by atoms with Gasteiger partial charge in [0.25, 0.3) is 0 Å². The van der Waals surface area contributed by atoms with Crippen molar-refractivity contribution in [2.75, 3.05) is 6.61 Å². The van der Waals surface area contributed by atoms with E-state index in [1.165, 1.54) is 0 Å². The van der Waals surface area contributed by atoms with Gasteiger partial charge in [0.2, 0.25) is 0 Å². The minimum atomic E-state index is 0.194. The topological polar surface area (TPSA) is 35.2 Å². The number of hydrogen-bond donors (Lipinski definition) is 1. The van der Waals surface area contributed by atoms with E-state index in [1.807, 2.05) is 25.1 Å². The summed E-state index contributed by atoms with van der Waals surface area (Å²) in [5.41, 5.74) is 6.81. The molecule has 0 amide bonds. The van der Waals surface area contributed by atoms with E-state index in [1.54, 1.807) is 0 Å². The van der Waals surface area contributed by atoms with Crippen LogP contribution >= 0.6 is 23.8 Å². The average molecular weight is 270 g/mol. The van der Waals surface area contributed by atoms with E-state index in [2.05, 4.69) is 0 Å². The lowest BCUT2D eigenvalue weighted by molar-refractivity contribution is 0.239. The summed E-state index contributed by atoms with van der Waals surface area (Å²) < 4.78 is 5.80. The van der Waals surface area contributed by atoms with Gasteiger partial charge in [-0.3, -0.25) is 0 Å². The Bertz CT molecular complexity index is 443. The molecule has 1 fully saturated rings. The highest BCUT2D eigenvalue weighted by molar-refractivity contribution is 7.80. The van der Waals surface area contributed by atoms with Crippen LogP contribution in [0.5, 0.6) is 5.75 Å². The van der Waals surface area contributed by atoms with Crippen molar-refractivity contribution in [2.45, 2.75) is 26.2 Å². The number of rotatable bonds is 5. The van der Waals surface area contributed by atoms with Crippen molar-refractivity contribution in [3.05, 3.63) is 28.8 Å². The maximum atomic E-state index is 5.96. The fourth-order valence-electron chi connectivity index (χ4n) is 1.86. The zero-order valence-electron chi connectivity index (χ0n) is 9.83. The van der Waals surface area contributed by atoms with E-state index in [-0.39, 0.29) is 5.41 Å². The van der Waals surface area contributed by atoms with Crippen molar-refractivity contribution >= 4 is 28.8 Å². The standard InChI is InChI=1S/C13H16ClNOS/c1-9-6-10(2-3-11(9)14)16-8-13(4-5-13)7-12(15)17/h2-3,6H,4-5,7-8H2,1H3,(H2,15,17). The summed E-state index contributed by atoms with van der Waals surface area (Å²) >= 11 is 10.9. The first-order chi connectivity index (χ1) is 8.01. The minimum absolute atomic E-state index is 0.194. The second-order valence-electron chi connectivity index (χ2n) is 4.84. The zero-order chi connectivity index (χ0) is 12.5. The first kappa shape index (κ1) is 12.7. The quantitative estimate of drug-likeness (QED) is 0.831. The Morgan fingerprint density at radius 2 is 2.24 bits per heavy atom. The van der Waals surface area contributed by atoms with Crippen molar-refractivity contribution in [2.24, 2.45) is 11.1 Å². The van der Waals surface area contributed by atoms with E-state index in [9.17, 15) is 0 Å². The largest absolute Gasteiger partial charge is 0.493 e. The van der Waals surface area contributed by atoms with E-state index in [4.69, 9.17) is 34.3 Å². The fraction of sp³-hybridized carbons (Fsp3) is 0.462. The number of aryl methyl sites for hydroxylation is 1. The molecule has 0 heterocycles. The van der Waals surface area contributed by atoms with Crippen molar-refractivity contribution < 1.29 is 4.74 Å². The van der Waals surface area contributed by atoms with Crippen LogP contribution < -0.4 is 10.5 Å². The fourth-order valence-corrected chi connectivity index (χ4v) is 2.29. The highest BCUT2D eigenvalue weighted by atomic mass is 35.5. The Labute approximate surface area is 112 Å². The molecule has 0 aromatic heterocycles. The van der Waals surface area contributed by atoms with Gasteiger partial charge in [0.15, 0.2) is 0 Å². The predicted molar refractivity (Wildman–Crippen MR) is 74.8 cm³/mol. The van der Waals surface area contributed by atoms with Crippen LogP contribution in [0, 0.1) is 12.3 Å². The van der Waals surface area contributed by atoms with E-state index < -0.39 is 0 Å². The molecule has 1 aromatic rings. The van der Waals surface area contributed by atoms with Gasteiger partial charge in [-0.2, -0.15) is 0 Å². The van der Waals surface area contributed by atoms with Crippen molar-refractivity contribution in [3.63, 3.8) is 0 Å². The Kier molecular flexibility index (Phi) is 3.59. The summed E-state index contributed by atoms with van der Waals surface area (Å²) in [6, 6.07) is 5.71. The third kappa shape index (κ3) is 3.33. The number of thiocarbonyl (C=S) groups is 1. The first-order valence-corrected chi connectivity index (χ1v) is 6.47. The summed E-state index contributed by atoms with van der Waals surface area (Å²) in [6.45, 7) is 2.66. The number of ether oxygens (including phenoxy) is 1. The van der Waals surface area contributed by atoms with Crippen LogP contribution in [-0.2, 0) is 0 Å². The van der Waals surface area contributed by atoms with E-state index in [0.717, 1.165) is 35.6 Å². The van der Waals surface area contributed by atoms with Crippen LogP contribution in [0.15, 0.2) is 18.2 Å². The predicted octanol–water partition coefficient (Wildman–Crippen LogP) is 3.48. The Hall–Kier alpha value is -0.800. The molecule has 0 atom stereocenters. The SMILES string of the molecule is Cc1cc(OCC2(CC(N)=S)CC2)ccc1Cl. The molecule has 2 nitrogen and oxygen atoms in total. The van der Waals surface area contributed by atoms with Crippen molar-refractivity contribution in [3.8, 4) is 5.75 Å². The highest BCUT2D eigenvalue weighted by Gasteiger charge is 2.43. The minimum Gasteiger partial charge on any atom is -0.493 e. The van der Waals surface area contributed by atoms with E-state index in [0.29, 0.717) is 11.6 Å². The molecular weight excluding hydrogens is 254 g/mol. The molecule has 1 saturated carbocycles. The molecule has 2 N–H and O–H groups in total. The molecule has 0 saturated heterocycles. The maximum Gasteiger partial charge on any atom is 0.119 e. The van der Waals surface area contributed by atoms with Gasteiger partial charge in [0.1, 0.15) is 5.75 Å². The molecule has 92 valence electrons. The number of nitrogens with two attached hydrogens (primary N) is 1. The summed E-state index contributed by atoms with van der Waals surface area (Å²) in [5.74, 6) is 0.862. The smallest absolute Gasteiger partial charge is 0.119 e. The van der Waals surface area contributed by atoms with Crippen LogP contribution in [0.4, 0.5) is 0 Å². The lowest BCUT2D eigenvalue weighted by Crippen LogP contribution is -2.21. The molecule has 4 heteroatoms. The number of benzene rings is 1. The molecule has 0 bridgehead atoms. The third-order valence-electron chi connectivity index (χ3n) is 3.18. The molecule has 0 aliphatic heterocycles. The van der Waals surface area contributed by atoms with Gasteiger partial charge < -0.3 is 10.5 Å². The summed E-state index contributed by atoms with van der Waals surface area (Å²) in [7, 11) is 0. The molecular formula is C13H16ClNOS. The second-order valence-corrected chi connectivity index (χ2v) is 5.77. The van der Waals surface area contributed by atoms with Gasteiger partial charge in [-0.15, -0.1) is 0 Å². The van der Waals surface area contributed by atoms with Crippen LogP contribution in [0.3, 0.4) is 0 Å². The monoisotopic (exact) mass is 269 g/mol. The van der Waals surface area contributed by atoms with Crippen LogP contribution in [0.25, 0.3) is 0 Å². The van der Waals surface area contributed by atoms with Gasteiger partial charge in [-0.1, -0.05) is 23.8 Å². The van der Waals surface area contributed by atoms with Crippen LogP contribution in [0.2, 0.25) is 5.02 Å². The Balaban J connectivity index is 1.94. The third-order valence-corrected chi connectivity index (χ3v) is 3.75. The molecule has 0 radical (unpaired) electrons. The summed E-state index contributed by atoms with van der Waals surface area (Å²) in [4.78, 5) is 0.582. The van der Waals surface area contributed by atoms with Gasteiger partial charge in [0, 0.05) is 16.9 Å². The van der Waals surface area contributed by atoms with Gasteiger partial charge in [-0.05, 0) is 43.5 Å². The highest BCUT2D eigenvalue weighted by Crippen LogP contribution is 2.49. The second kappa shape index (κ2) is 4.83. The average Bonchev–Trinajstić information content (AvgIpc) is 2.99. The van der Waals surface area contributed by atoms with Crippen LogP contribution in [0.1, 0.15) is 24.8 Å². The lowest BCUT2D eigenvalue weighted by Gasteiger charge is -2.15. The molecule has 0 unspecified atom stereocenters. The van der Waals surface area contributed by atoms with Gasteiger partial charge in [-0.25, -0.2) is 0 Å². The number of halogens is 1. The normalized spacial score (nSPS) is 16.6. The lowest BCUT2D eigenvalue weighted by atomic mass is 10.0. The number of hydrogen-bond acceptors (Lipinski definition) is 2. The molecule has 0 spiro atoms. The van der Waals surface area contributed by atoms with Crippen molar-refractivity contribution in [1.82, 2.24) is 0 Å². The molecule has 1 aliphatic rings. The summed E-state index contributed by atoms with van der Waals surface area (Å²) in [6.07, 6.45) is 3.09. The van der Waals surface area contributed by atoms with Crippen LogP contribution in [-0.4, -0.2) is 11.6 Å². The van der Waals surface area contributed by atoms with Gasteiger partial charge >= 0.3 is 0 Å². The molecule has 17 heavy (non-hydrogen) atoms. The maximum absolute atomic E-state index is 5.96. The Morgan fingerprint density at radius 3 is 2.76 bits per heavy atom. The van der Waals surface area contributed by atoms with Gasteiger partial charge in [0.05, 0.1) is 11.6 Å².